The molecule has 6 aliphatic rings. The van der Waals surface area contributed by atoms with Gasteiger partial charge in [-0.3, -0.25) is 28.8 Å². The molecule has 2 aliphatic heterocycles. The first kappa shape index (κ1) is 42.8. The van der Waals surface area contributed by atoms with Crippen molar-refractivity contribution in [2.45, 2.75) is 188 Å². The number of hydrogen-bond acceptors (Lipinski definition) is 7. The number of carbonyl (C=O) groups excluding carboxylic acids is 6. The Balaban J connectivity index is 1.26. The summed E-state index contributed by atoms with van der Waals surface area (Å²) in [7, 11) is 0. The lowest BCUT2D eigenvalue weighted by atomic mass is 9.73. The number of Topliss-reactive ketones (excluding diaryl/α,β-unsaturated/α-hetero) is 2. The minimum Gasteiger partial charge on any atom is -0.347 e. The number of hydrogen-bond donors (Lipinski definition) is 3. The third-order valence-electron chi connectivity index (χ3n) is 15.7. The third kappa shape index (κ3) is 8.09. The second-order valence-corrected chi connectivity index (χ2v) is 20.7. The number of nitrogens with one attached hydrogen (secondary N) is 3. The molecule has 0 unspecified atom stereocenters. The van der Waals surface area contributed by atoms with Gasteiger partial charge in [0.2, 0.25) is 23.5 Å². The average molecular weight is 780 g/mol. The highest BCUT2D eigenvalue weighted by atomic mass is 16.2. The average Bonchev–Trinajstić information content (AvgIpc) is 3.96. The SMILES string of the molecule is CCC[C@H](NC(=O)[C@@H]1C[C@@]2(CN1C(=O)[C@@H](CC(=O)[C@@H](NC(=O)[C@@H]1CCCN(C(C)C)C1)C(C)(C)C)C1CCCCC1)C(C)(C)C21CCC1)C(=O)C(=O)NC1CC1. The maximum Gasteiger partial charge on any atom is 0.289 e. The maximum absolute atomic E-state index is 15.3. The van der Waals surface area contributed by atoms with E-state index in [1.807, 2.05) is 27.7 Å². The standard InChI is InChI=1S/C45H73N5O6/c1-9-15-33(36(52)40(55)46-31-19-20-31)47-39(54)34-25-45(43(7,8)44(45)21-14-22-44)27-50(34)41(56)32(29-16-11-10-12-17-29)24-35(51)37(42(4,5)6)48-38(53)30-18-13-23-49(26-30)28(2)3/h28-34,37H,9-27H2,1-8H3,(H,46,55)(H,47,54)(H,48,53)/t30-,32+,33+,34+,37-,45-/m1/s1. The van der Waals surface area contributed by atoms with Gasteiger partial charge in [-0.15, -0.1) is 0 Å². The smallest absolute Gasteiger partial charge is 0.289 e. The highest BCUT2D eigenvalue weighted by Gasteiger charge is 2.85. The van der Waals surface area contributed by atoms with Crippen LogP contribution in [0, 0.1) is 39.4 Å². The second kappa shape index (κ2) is 16.4. The topological polar surface area (TPSA) is 145 Å². The monoisotopic (exact) mass is 780 g/mol. The van der Waals surface area contributed by atoms with Gasteiger partial charge in [0.05, 0.1) is 18.0 Å². The van der Waals surface area contributed by atoms with E-state index in [-0.39, 0.29) is 64.0 Å². The van der Waals surface area contributed by atoms with E-state index in [4.69, 9.17) is 0 Å². The fourth-order valence-corrected chi connectivity index (χ4v) is 11.8. The highest BCUT2D eigenvalue weighted by molar-refractivity contribution is 6.38. The highest BCUT2D eigenvalue weighted by Crippen LogP contribution is 2.88. The summed E-state index contributed by atoms with van der Waals surface area (Å²) in [5, 5.41) is 8.95. The Labute approximate surface area is 336 Å². The van der Waals surface area contributed by atoms with Crippen molar-refractivity contribution in [3.8, 4) is 0 Å². The van der Waals surface area contributed by atoms with Crippen LogP contribution in [0.4, 0.5) is 0 Å². The van der Waals surface area contributed by atoms with Crippen LogP contribution < -0.4 is 16.0 Å². The molecule has 0 aromatic rings. The molecule has 6 rings (SSSR count). The molecule has 56 heavy (non-hydrogen) atoms. The summed E-state index contributed by atoms with van der Waals surface area (Å²) in [4.78, 5) is 88.7. The fraction of sp³-hybridized carbons (Fsp3) is 0.867. The molecule has 2 spiro atoms. The predicted octanol–water partition coefficient (Wildman–Crippen LogP) is 5.72. The third-order valence-corrected chi connectivity index (χ3v) is 15.7. The van der Waals surface area contributed by atoms with Crippen LogP contribution in [0.25, 0.3) is 0 Å². The molecule has 6 atom stereocenters. The normalized spacial score (nSPS) is 29.0. The van der Waals surface area contributed by atoms with Crippen LogP contribution in [0.5, 0.6) is 0 Å². The number of ketones is 2. The molecule has 0 aromatic carbocycles. The Hall–Kier alpha value is -2.82. The van der Waals surface area contributed by atoms with Gasteiger partial charge in [-0.1, -0.05) is 73.6 Å². The van der Waals surface area contributed by atoms with Gasteiger partial charge in [-0.25, -0.2) is 0 Å². The van der Waals surface area contributed by atoms with E-state index in [9.17, 15) is 24.0 Å². The summed E-state index contributed by atoms with van der Waals surface area (Å²) in [5.74, 6) is -2.84. The van der Waals surface area contributed by atoms with Gasteiger partial charge >= 0.3 is 0 Å². The zero-order valence-electron chi connectivity index (χ0n) is 35.9. The minimum atomic E-state index is -0.965. The molecule has 11 heteroatoms. The number of piperidine rings is 1. The van der Waals surface area contributed by atoms with Gasteiger partial charge in [-0.2, -0.15) is 0 Å². The number of rotatable bonds is 15. The Morgan fingerprint density at radius 1 is 0.821 bits per heavy atom. The van der Waals surface area contributed by atoms with Gasteiger partial charge in [0, 0.05) is 42.9 Å². The zero-order chi connectivity index (χ0) is 40.8. The summed E-state index contributed by atoms with van der Waals surface area (Å²) < 4.78 is 0. The van der Waals surface area contributed by atoms with Crippen LogP contribution >= 0.6 is 0 Å². The maximum atomic E-state index is 15.3. The predicted molar refractivity (Wildman–Crippen MR) is 216 cm³/mol. The number of likely N-dealkylation sites (tertiary alicyclic amines) is 2. The molecule has 11 nitrogen and oxygen atoms in total. The Morgan fingerprint density at radius 2 is 1.50 bits per heavy atom. The quantitative estimate of drug-likeness (QED) is 0.180. The molecular formula is C45H73N5O6. The zero-order valence-corrected chi connectivity index (χ0v) is 35.9. The first-order valence-corrected chi connectivity index (χ1v) is 22.4. The van der Waals surface area contributed by atoms with Crippen molar-refractivity contribution >= 4 is 35.2 Å². The molecule has 0 bridgehead atoms. The van der Waals surface area contributed by atoms with Crippen LogP contribution in [0.2, 0.25) is 0 Å². The van der Waals surface area contributed by atoms with Crippen molar-refractivity contribution in [3.63, 3.8) is 0 Å². The van der Waals surface area contributed by atoms with E-state index >= 15 is 4.79 Å². The number of amides is 4. The molecule has 0 radical (unpaired) electrons. The van der Waals surface area contributed by atoms with E-state index in [0.717, 1.165) is 83.6 Å². The molecule has 3 N–H and O–H groups in total. The number of carbonyl (C=O) groups is 6. The molecule has 2 heterocycles. The van der Waals surface area contributed by atoms with Gasteiger partial charge in [0.15, 0.2) is 5.78 Å². The van der Waals surface area contributed by atoms with Gasteiger partial charge in [-0.05, 0) is 107 Å². The van der Waals surface area contributed by atoms with Crippen LogP contribution in [-0.4, -0.2) is 94.8 Å². The van der Waals surface area contributed by atoms with Crippen molar-refractivity contribution in [3.05, 3.63) is 0 Å². The molecule has 4 amide bonds. The van der Waals surface area contributed by atoms with Crippen LogP contribution in [-0.2, 0) is 28.8 Å². The van der Waals surface area contributed by atoms with E-state index in [2.05, 4.69) is 48.5 Å². The lowest BCUT2D eigenvalue weighted by Gasteiger charge is -2.38. The molecule has 314 valence electrons. The van der Waals surface area contributed by atoms with Crippen LogP contribution in [0.3, 0.4) is 0 Å². The van der Waals surface area contributed by atoms with Crippen LogP contribution in [0.15, 0.2) is 0 Å². The minimum absolute atomic E-state index is 0.000129. The van der Waals surface area contributed by atoms with Crippen molar-refractivity contribution in [1.29, 1.82) is 0 Å². The Bertz CT molecular complexity index is 1520. The summed E-state index contributed by atoms with van der Waals surface area (Å²) >= 11 is 0. The van der Waals surface area contributed by atoms with Crippen molar-refractivity contribution in [1.82, 2.24) is 25.8 Å². The van der Waals surface area contributed by atoms with E-state index < -0.39 is 41.1 Å². The summed E-state index contributed by atoms with van der Waals surface area (Å²) in [5.41, 5.74) is -0.786. The molecule has 0 aromatic heterocycles. The number of nitrogens with zero attached hydrogens (tertiary/aromatic N) is 2. The number of fused-ring (bicyclic) bond motifs is 1. The summed E-state index contributed by atoms with van der Waals surface area (Å²) in [6.45, 7) is 18.8. The molecule has 6 fully saturated rings. The lowest BCUT2D eigenvalue weighted by molar-refractivity contribution is -0.146. The lowest BCUT2D eigenvalue weighted by Crippen LogP contribution is -2.55. The Morgan fingerprint density at radius 3 is 2.05 bits per heavy atom. The van der Waals surface area contributed by atoms with E-state index in [1.54, 1.807) is 4.90 Å². The van der Waals surface area contributed by atoms with Crippen molar-refractivity contribution in [2.75, 3.05) is 19.6 Å². The summed E-state index contributed by atoms with van der Waals surface area (Å²) in [6.07, 6.45) is 12.9. The van der Waals surface area contributed by atoms with Gasteiger partial charge < -0.3 is 25.8 Å². The van der Waals surface area contributed by atoms with Crippen molar-refractivity contribution in [2.24, 2.45) is 39.4 Å². The first-order valence-electron chi connectivity index (χ1n) is 22.4. The summed E-state index contributed by atoms with van der Waals surface area (Å²) in [6, 6.07) is -2.15. The largest absolute Gasteiger partial charge is 0.347 e. The van der Waals surface area contributed by atoms with Crippen molar-refractivity contribution < 1.29 is 28.8 Å². The molecular weight excluding hydrogens is 707 g/mol. The molecule has 4 aliphatic carbocycles. The second-order valence-electron chi connectivity index (χ2n) is 20.7. The van der Waals surface area contributed by atoms with Gasteiger partial charge in [0.1, 0.15) is 6.04 Å². The van der Waals surface area contributed by atoms with E-state index in [0.29, 0.717) is 38.4 Å². The Kier molecular flexibility index (Phi) is 12.6. The van der Waals surface area contributed by atoms with E-state index in [1.165, 1.54) is 0 Å². The molecule has 2 saturated heterocycles. The first-order chi connectivity index (χ1) is 26.4. The van der Waals surface area contributed by atoms with Crippen LogP contribution in [0.1, 0.15) is 158 Å². The fourth-order valence-electron chi connectivity index (χ4n) is 11.8. The molecule has 4 saturated carbocycles. The van der Waals surface area contributed by atoms with Gasteiger partial charge in [0.25, 0.3) is 5.91 Å².